The van der Waals surface area contributed by atoms with E-state index in [9.17, 15) is 0 Å². The first-order chi connectivity index (χ1) is 4.18. The maximum Gasteiger partial charge on any atom is 0.106 e. The van der Waals surface area contributed by atoms with Crippen LogP contribution in [0.2, 0.25) is 0 Å². The molecule has 0 amide bonds. The molecule has 0 spiro atoms. The average Bonchev–Trinajstić information content (AvgIpc) is 1.82. The summed E-state index contributed by atoms with van der Waals surface area (Å²) in [6.45, 7) is 5.49. The molecule has 0 aromatic carbocycles. The number of aliphatic imine (C=N–C) groups is 1. The van der Waals surface area contributed by atoms with Gasteiger partial charge in [0.1, 0.15) is 4.99 Å². The molecule has 0 aliphatic rings. The van der Waals surface area contributed by atoms with Crippen LogP contribution < -0.4 is 5.32 Å². The van der Waals surface area contributed by atoms with Gasteiger partial charge >= 0.3 is 0 Å². The van der Waals surface area contributed by atoms with E-state index < -0.39 is 0 Å². The molecule has 1 N–H and O–H groups in total. The van der Waals surface area contributed by atoms with Crippen molar-refractivity contribution in [1.29, 1.82) is 0 Å². The first-order valence-corrected chi connectivity index (χ1v) is 2.96. The Balaban J connectivity index is 3.65. The third-order valence-electron chi connectivity index (χ3n) is 0.712. The van der Waals surface area contributed by atoms with Gasteiger partial charge in [0.2, 0.25) is 0 Å². The van der Waals surface area contributed by atoms with Crippen molar-refractivity contribution in [3.63, 3.8) is 0 Å². The van der Waals surface area contributed by atoms with Crippen molar-refractivity contribution in [2.45, 2.75) is 6.92 Å². The Hall–Kier alpha value is -0.700. The molecule has 0 aromatic rings. The lowest BCUT2D eigenvalue weighted by atomic mass is 10.3. The van der Waals surface area contributed by atoms with Crippen molar-refractivity contribution < 1.29 is 0 Å². The van der Waals surface area contributed by atoms with Crippen LogP contribution in [0.3, 0.4) is 0 Å². The highest BCUT2D eigenvalue weighted by atomic mass is 32.1. The van der Waals surface area contributed by atoms with E-state index >= 15 is 0 Å². The van der Waals surface area contributed by atoms with E-state index in [1.165, 1.54) is 6.34 Å². The van der Waals surface area contributed by atoms with Gasteiger partial charge in [-0.05, 0) is 12.5 Å². The van der Waals surface area contributed by atoms with E-state index in [1.807, 2.05) is 6.92 Å². The molecule has 3 heteroatoms. The second-order valence-corrected chi connectivity index (χ2v) is 2.05. The molecule has 0 atom stereocenters. The Kier molecular flexibility index (Phi) is 3.88. The summed E-state index contributed by atoms with van der Waals surface area (Å²) in [6, 6.07) is 0. The molecule has 0 aliphatic heterocycles. The molecule has 0 aromatic heterocycles. The number of hydrogen-bond acceptors (Lipinski definition) is 2. The largest absolute Gasteiger partial charge is 0.338 e. The molecular formula is C6H10N2S. The second kappa shape index (κ2) is 4.21. The average molecular weight is 142 g/mol. The van der Waals surface area contributed by atoms with Crippen LogP contribution in [0.4, 0.5) is 0 Å². The van der Waals surface area contributed by atoms with Crippen LogP contribution in [0.15, 0.2) is 17.1 Å². The second-order valence-electron chi connectivity index (χ2n) is 1.64. The molecular weight excluding hydrogens is 132 g/mol. The van der Waals surface area contributed by atoms with Gasteiger partial charge in [0.15, 0.2) is 0 Å². The van der Waals surface area contributed by atoms with Gasteiger partial charge in [-0.15, -0.1) is 0 Å². The molecule has 0 heterocycles. The molecule has 0 bridgehead atoms. The maximum atomic E-state index is 4.84. The quantitative estimate of drug-likeness (QED) is 0.270. The molecule has 0 rings (SSSR count). The molecule has 50 valence electrons. The molecule has 0 saturated carbocycles. The number of rotatable bonds is 2. The zero-order valence-corrected chi connectivity index (χ0v) is 6.46. The van der Waals surface area contributed by atoms with Crippen molar-refractivity contribution in [2.75, 3.05) is 7.05 Å². The SMILES string of the molecule is C=C(C)C(=S)NC=NC. The zero-order valence-electron chi connectivity index (χ0n) is 5.64. The predicted octanol–water partition coefficient (Wildman–Crippen LogP) is 1.14. The minimum atomic E-state index is 0.639. The normalized spacial score (nSPS) is 9.56. The lowest BCUT2D eigenvalue weighted by Gasteiger charge is -1.98. The Morgan fingerprint density at radius 2 is 2.33 bits per heavy atom. The van der Waals surface area contributed by atoms with Gasteiger partial charge in [0.05, 0.1) is 6.34 Å². The van der Waals surface area contributed by atoms with Crippen molar-refractivity contribution in [2.24, 2.45) is 4.99 Å². The number of hydrogen-bond donors (Lipinski definition) is 1. The maximum absolute atomic E-state index is 4.84. The number of thiocarbonyl (C=S) groups is 1. The van der Waals surface area contributed by atoms with Crippen LogP contribution in [-0.4, -0.2) is 18.4 Å². The van der Waals surface area contributed by atoms with Crippen LogP contribution in [0.5, 0.6) is 0 Å². The van der Waals surface area contributed by atoms with Gasteiger partial charge in [0, 0.05) is 7.05 Å². The lowest BCUT2D eigenvalue weighted by molar-refractivity contribution is 1.35. The van der Waals surface area contributed by atoms with Crippen LogP contribution in [0, 0.1) is 0 Å². The summed E-state index contributed by atoms with van der Waals surface area (Å²) >= 11 is 4.84. The van der Waals surface area contributed by atoms with E-state index in [4.69, 9.17) is 12.2 Å². The molecule has 0 unspecified atom stereocenters. The smallest absolute Gasteiger partial charge is 0.106 e. The van der Waals surface area contributed by atoms with Crippen LogP contribution in [-0.2, 0) is 0 Å². The van der Waals surface area contributed by atoms with E-state index in [0.717, 1.165) is 5.57 Å². The van der Waals surface area contributed by atoms with Gasteiger partial charge in [-0.25, -0.2) is 0 Å². The Labute approximate surface area is 60.7 Å². The topological polar surface area (TPSA) is 24.4 Å². The molecule has 0 saturated heterocycles. The summed E-state index contributed by atoms with van der Waals surface area (Å²) in [5.41, 5.74) is 0.852. The first-order valence-electron chi connectivity index (χ1n) is 2.55. The highest BCUT2D eigenvalue weighted by molar-refractivity contribution is 7.80. The van der Waals surface area contributed by atoms with Crippen LogP contribution in [0.25, 0.3) is 0 Å². The summed E-state index contributed by atoms with van der Waals surface area (Å²) in [7, 11) is 1.67. The van der Waals surface area contributed by atoms with Crippen molar-refractivity contribution in [3.05, 3.63) is 12.2 Å². The minimum absolute atomic E-state index is 0.639. The minimum Gasteiger partial charge on any atom is -0.338 e. The fourth-order valence-corrected chi connectivity index (χ4v) is 0.299. The van der Waals surface area contributed by atoms with E-state index in [0.29, 0.717) is 4.99 Å². The monoisotopic (exact) mass is 142 g/mol. The van der Waals surface area contributed by atoms with Crippen LogP contribution >= 0.6 is 12.2 Å². The number of nitrogens with zero attached hydrogens (tertiary/aromatic N) is 1. The van der Waals surface area contributed by atoms with Gasteiger partial charge in [-0.3, -0.25) is 4.99 Å². The summed E-state index contributed by atoms with van der Waals surface area (Å²) in [5.74, 6) is 0. The fraction of sp³-hybridized carbons (Fsp3) is 0.333. The highest BCUT2D eigenvalue weighted by Gasteiger charge is 1.89. The Bertz CT molecular complexity index is 149. The van der Waals surface area contributed by atoms with Gasteiger partial charge in [-0.1, -0.05) is 18.8 Å². The molecule has 2 nitrogen and oxygen atoms in total. The third kappa shape index (κ3) is 3.85. The van der Waals surface area contributed by atoms with Gasteiger partial charge in [0.25, 0.3) is 0 Å². The van der Waals surface area contributed by atoms with Crippen molar-refractivity contribution >= 4 is 23.5 Å². The first kappa shape index (κ1) is 8.30. The molecule has 9 heavy (non-hydrogen) atoms. The Morgan fingerprint density at radius 3 is 2.67 bits per heavy atom. The van der Waals surface area contributed by atoms with E-state index in [2.05, 4.69) is 16.9 Å². The van der Waals surface area contributed by atoms with Crippen LogP contribution in [0.1, 0.15) is 6.92 Å². The third-order valence-corrected chi connectivity index (χ3v) is 1.18. The van der Waals surface area contributed by atoms with E-state index in [1.54, 1.807) is 7.05 Å². The van der Waals surface area contributed by atoms with Gasteiger partial charge in [-0.2, -0.15) is 0 Å². The van der Waals surface area contributed by atoms with E-state index in [-0.39, 0.29) is 0 Å². The molecule has 0 radical (unpaired) electrons. The fourth-order valence-electron chi connectivity index (χ4n) is 0.246. The predicted molar refractivity (Wildman–Crippen MR) is 45.0 cm³/mol. The zero-order chi connectivity index (χ0) is 7.28. The lowest BCUT2D eigenvalue weighted by Crippen LogP contribution is -2.19. The summed E-state index contributed by atoms with van der Waals surface area (Å²) in [6.07, 6.45) is 1.54. The molecule has 0 fully saturated rings. The summed E-state index contributed by atoms with van der Waals surface area (Å²) < 4.78 is 0. The molecule has 0 aliphatic carbocycles. The number of nitrogens with one attached hydrogen (secondary N) is 1. The Morgan fingerprint density at radius 1 is 1.78 bits per heavy atom. The highest BCUT2D eigenvalue weighted by Crippen LogP contribution is 1.86. The van der Waals surface area contributed by atoms with Crippen molar-refractivity contribution in [1.82, 2.24) is 5.32 Å². The standard InChI is InChI=1S/C6H10N2S/c1-5(2)6(9)8-4-7-3/h4H,1H2,2-3H3,(H,7,8,9). The summed E-state index contributed by atoms with van der Waals surface area (Å²) in [5, 5.41) is 2.77. The van der Waals surface area contributed by atoms with Gasteiger partial charge < -0.3 is 5.32 Å². The van der Waals surface area contributed by atoms with Crippen molar-refractivity contribution in [3.8, 4) is 0 Å². The summed E-state index contributed by atoms with van der Waals surface area (Å²) in [4.78, 5) is 4.33.